The van der Waals surface area contributed by atoms with E-state index in [1.165, 1.54) is 0 Å². The first kappa shape index (κ1) is 14.9. The van der Waals surface area contributed by atoms with Crippen molar-refractivity contribution in [1.29, 1.82) is 0 Å². The van der Waals surface area contributed by atoms with Crippen LogP contribution in [0.5, 0.6) is 0 Å². The maximum Gasteiger partial charge on any atom is 0.339 e. The number of benzene rings is 1. The highest BCUT2D eigenvalue weighted by molar-refractivity contribution is 6.42. The summed E-state index contributed by atoms with van der Waals surface area (Å²) in [5, 5.41) is 14.5. The average Bonchev–Trinajstić information content (AvgIpc) is 2.70. The molecular formula is C14H14Cl2N2O2. The van der Waals surface area contributed by atoms with E-state index in [2.05, 4.69) is 5.10 Å². The molecule has 0 saturated heterocycles. The topological polar surface area (TPSA) is 55.1 Å². The summed E-state index contributed by atoms with van der Waals surface area (Å²) in [4.78, 5) is 11.4. The molecule has 0 aliphatic heterocycles. The Morgan fingerprint density at radius 3 is 2.45 bits per heavy atom. The number of carboxylic acids is 1. The molecule has 0 amide bonds. The minimum Gasteiger partial charge on any atom is -0.478 e. The van der Waals surface area contributed by atoms with Crippen LogP contribution >= 0.6 is 23.2 Å². The van der Waals surface area contributed by atoms with Crippen LogP contribution < -0.4 is 0 Å². The van der Waals surface area contributed by atoms with Gasteiger partial charge in [0.05, 0.1) is 27.1 Å². The summed E-state index contributed by atoms with van der Waals surface area (Å²) in [5.41, 5.74) is 2.06. The molecule has 0 aliphatic carbocycles. The summed E-state index contributed by atoms with van der Waals surface area (Å²) in [7, 11) is 0. The Bertz CT molecular complexity index is 678. The zero-order chi connectivity index (χ0) is 15.0. The SMILES string of the molecule is Cc1nn(-c2ccc(Cl)c(Cl)c2)c(C(C)C)c1C(=O)O. The van der Waals surface area contributed by atoms with Crippen LogP contribution in [-0.4, -0.2) is 20.9 Å². The summed E-state index contributed by atoms with van der Waals surface area (Å²) >= 11 is 11.9. The van der Waals surface area contributed by atoms with Gasteiger partial charge in [0.25, 0.3) is 0 Å². The van der Waals surface area contributed by atoms with Gasteiger partial charge in [0.2, 0.25) is 0 Å². The number of rotatable bonds is 3. The number of hydrogen-bond donors (Lipinski definition) is 1. The van der Waals surface area contributed by atoms with Gasteiger partial charge in [-0.15, -0.1) is 0 Å². The molecule has 4 nitrogen and oxygen atoms in total. The summed E-state index contributed by atoms with van der Waals surface area (Å²) < 4.78 is 1.62. The quantitative estimate of drug-likeness (QED) is 0.918. The van der Waals surface area contributed by atoms with E-state index in [-0.39, 0.29) is 11.5 Å². The van der Waals surface area contributed by atoms with Gasteiger partial charge in [-0.1, -0.05) is 37.0 Å². The molecule has 0 saturated carbocycles. The monoisotopic (exact) mass is 312 g/mol. The van der Waals surface area contributed by atoms with Crippen molar-refractivity contribution in [2.24, 2.45) is 0 Å². The van der Waals surface area contributed by atoms with Gasteiger partial charge in [0, 0.05) is 0 Å². The third-order valence-corrected chi connectivity index (χ3v) is 3.74. The van der Waals surface area contributed by atoms with Crippen molar-refractivity contribution in [3.63, 3.8) is 0 Å². The van der Waals surface area contributed by atoms with E-state index in [9.17, 15) is 9.90 Å². The Morgan fingerprint density at radius 1 is 1.30 bits per heavy atom. The standard InChI is InChI=1S/C14H14Cl2N2O2/c1-7(2)13-12(14(19)20)8(3)17-18(13)9-4-5-10(15)11(16)6-9/h4-7H,1-3H3,(H,19,20). The van der Waals surface area contributed by atoms with Crippen molar-refractivity contribution in [2.75, 3.05) is 0 Å². The third kappa shape index (κ3) is 2.53. The van der Waals surface area contributed by atoms with Crippen LogP contribution in [0.1, 0.15) is 41.5 Å². The number of carbonyl (C=O) groups is 1. The van der Waals surface area contributed by atoms with E-state index in [1.807, 2.05) is 13.8 Å². The van der Waals surface area contributed by atoms with Crippen LogP contribution in [0.15, 0.2) is 18.2 Å². The lowest BCUT2D eigenvalue weighted by Crippen LogP contribution is -2.08. The van der Waals surface area contributed by atoms with Gasteiger partial charge < -0.3 is 5.11 Å². The number of aromatic nitrogens is 2. The molecule has 1 aromatic heterocycles. The maximum atomic E-state index is 11.4. The van der Waals surface area contributed by atoms with Gasteiger partial charge in [-0.05, 0) is 31.0 Å². The normalized spacial score (nSPS) is 11.1. The molecule has 20 heavy (non-hydrogen) atoms. The third-order valence-electron chi connectivity index (χ3n) is 3.00. The minimum atomic E-state index is -0.975. The van der Waals surface area contributed by atoms with E-state index >= 15 is 0 Å². The van der Waals surface area contributed by atoms with Crippen molar-refractivity contribution in [2.45, 2.75) is 26.7 Å². The number of halogens is 2. The van der Waals surface area contributed by atoms with Gasteiger partial charge >= 0.3 is 5.97 Å². The largest absolute Gasteiger partial charge is 0.478 e. The molecule has 1 aromatic carbocycles. The Hall–Kier alpha value is -1.52. The predicted molar refractivity (Wildman–Crippen MR) is 79.4 cm³/mol. The first-order valence-corrected chi connectivity index (χ1v) is 6.86. The van der Waals surface area contributed by atoms with Crippen molar-refractivity contribution in [3.8, 4) is 5.69 Å². The summed E-state index contributed by atoms with van der Waals surface area (Å²) in [5.74, 6) is -0.964. The average molecular weight is 313 g/mol. The fraction of sp³-hybridized carbons (Fsp3) is 0.286. The summed E-state index contributed by atoms with van der Waals surface area (Å²) in [6.45, 7) is 5.54. The molecule has 0 aliphatic rings. The number of hydrogen-bond acceptors (Lipinski definition) is 2. The summed E-state index contributed by atoms with van der Waals surface area (Å²) in [6.07, 6.45) is 0. The first-order valence-electron chi connectivity index (χ1n) is 6.11. The minimum absolute atomic E-state index is 0.0109. The number of aromatic carboxylic acids is 1. The highest BCUT2D eigenvalue weighted by Gasteiger charge is 2.24. The van der Waals surface area contributed by atoms with E-state index in [0.717, 1.165) is 0 Å². The number of aryl methyl sites for hydroxylation is 1. The van der Waals surface area contributed by atoms with Crippen molar-refractivity contribution in [1.82, 2.24) is 9.78 Å². The molecule has 2 rings (SSSR count). The van der Waals surface area contributed by atoms with E-state index in [4.69, 9.17) is 23.2 Å². The van der Waals surface area contributed by atoms with Crippen LogP contribution in [0, 0.1) is 6.92 Å². The lowest BCUT2D eigenvalue weighted by atomic mass is 10.0. The van der Waals surface area contributed by atoms with Gasteiger partial charge in [0.15, 0.2) is 0 Å². The molecule has 106 valence electrons. The molecule has 0 fully saturated rings. The highest BCUT2D eigenvalue weighted by atomic mass is 35.5. The Kier molecular flexibility index (Phi) is 4.06. The molecule has 0 radical (unpaired) electrons. The molecule has 0 atom stereocenters. The Balaban J connectivity index is 2.71. The van der Waals surface area contributed by atoms with Crippen LogP contribution in [0.2, 0.25) is 10.0 Å². The molecular weight excluding hydrogens is 299 g/mol. The highest BCUT2D eigenvalue weighted by Crippen LogP contribution is 2.29. The molecule has 0 bridgehead atoms. The van der Waals surface area contributed by atoms with Gasteiger partial charge in [0.1, 0.15) is 5.56 Å². The molecule has 1 N–H and O–H groups in total. The van der Waals surface area contributed by atoms with E-state index in [0.29, 0.717) is 27.1 Å². The Morgan fingerprint density at radius 2 is 1.95 bits per heavy atom. The van der Waals surface area contributed by atoms with Crippen molar-refractivity contribution < 1.29 is 9.90 Å². The molecule has 1 heterocycles. The van der Waals surface area contributed by atoms with Crippen molar-refractivity contribution >= 4 is 29.2 Å². The number of nitrogens with zero attached hydrogens (tertiary/aromatic N) is 2. The lowest BCUT2D eigenvalue weighted by molar-refractivity contribution is 0.0694. The molecule has 2 aromatic rings. The second-order valence-electron chi connectivity index (χ2n) is 4.82. The van der Waals surface area contributed by atoms with Crippen LogP contribution in [0.4, 0.5) is 0 Å². The van der Waals surface area contributed by atoms with E-state index in [1.54, 1.807) is 29.8 Å². The lowest BCUT2D eigenvalue weighted by Gasteiger charge is -2.12. The van der Waals surface area contributed by atoms with Crippen LogP contribution in [0.25, 0.3) is 5.69 Å². The first-order chi connectivity index (χ1) is 9.32. The van der Waals surface area contributed by atoms with Crippen molar-refractivity contribution in [3.05, 3.63) is 45.2 Å². The molecule has 0 spiro atoms. The number of carboxylic acid groups (broad SMARTS) is 1. The van der Waals surface area contributed by atoms with Crippen LogP contribution in [-0.2, 0) is 0 Å². The maximum absolute atomic E-state index is 11.4. The van der Waals surface area contributed by atoms with Gasteiger partial charge in [-0.2, -0.15) is 5.10 Å². The zero-order valence-electron chi connectivity index (χ0n) is 11.3. The predicted octanol–water partition coefficient (Wildman–Crippen LogP) is 4.31. The van der Waals surface area contributed by atoms with E-state index < -0.39 is 5.97 Å². The fourth-order valence-electron chi connectivity index (χ4n) is 2.16. The second-order valence-corrected chi connectivity index (χ2v) is 5.63. The van der Waals surface area contributed by atoms with Gasteiger partial charge in [-0.3, -0.25) is 0 Å². The van der Waals surface area contributed by atoms with Crippen LogP contribution in [0.3, 0.4) is 0 Å². The molecule has 0 unspecified atom stereocenters. The summed E-state index contributed by atoms with van der Waals surface area (Å²) in [6, 6.07) is 5.10. The molecule has 6 heteroatoms. The second kappa shape index (κ2) is 5.46. The van der Waals surface area contributed by atoms with Gasteiger partial charge in [-0.25, -0.2) is 9.48 Å². The fourth-order valence-corrected chi connectivity index (χ4v) is 2.45. The Labute approximate surface area is 126 Å². The zero-order valence-corrected chi connectivity index (χ0v) is 12.8. The smallest absolute Gasteiger partial charge is 0.339 e.